The molecule has 0 aliphatic carbocycles. The predicted octanol–water partition coefficient (Wildman–Crippen LogP) is 6.11. The van der Waals surface area contributed by atoms with Gasteiger partial charge >= 0.3 is 0 Å². The minimum atomic E-state index is -0.565. The van der Waals surface area contributed by atoms with Gasteiger partial charge in [-0.15, -0.1) is 11.8 Å². The molecule has 0 aromatic heterocycles. The number of ether oxygens (including phenoxy) is 5. The zero-order chi connectivity index (χ0) is 33.1. The second kappa shape index (κ2) is 16.1. The van der Waals surface area contributed by atoms with Crippen molar-refractivity contribution in [3.63, 3.8) is 0 Å². The molecule has 10 nitrogen and oxygen atoms in total. The topological polar surface area (TPSA) is 121 Å². The van der Waals surface area contributed by atoms with Gasteiger partial charge in [-0.25, -0.2) is 0 Å². The number of hydrogen-bond acceptors (Lipinski definition) is 9. The largest absolute Gasteiger partial charge is 0.496 e. The molecule has 0 radical (unpaired) electrons. The van der Waals surface area contributed by atoms with Crippen molar-refractivity contribution in [1.82, 2.24) is 5.32 Å². The third-order valence-corrected chi connectivity index (χ3v) is 7.76. The Bertz CT molecular complexity index is 1720. The first-order valence-electron chi connectivity index (χ1n) is 14.0. The van der Waals surface area contributed by atoms with Crippen LogP contribution in [0.5, 0.6) is 28.7 Å². The summed E-state index contributed by atoms with van der Waals surface area (Å²) in [7, 11) is 7.54. The molecule has 4 aromatic carbocycles. The predicted molar refractivity (Wildman–Crippen MR) is 178 cm³/mol. The van der Waals surface area contributed by atoms with E-state index in [0.717, 1.165) is 4.90 Å². The van der Waals surface area contributed by atoms with Crippen molar-refractivity contribution in [3.8, 4) is 28.7 Å². The zero-order valence-electron chi connectivity index (χ0n) is 26.0. The number of carbonyl (C=O) groups excluding carboxylic acids is 3. The highest BCUT2D eigenvalue weighted by Crippen LogP contribution is 2.36. The molecule has 4 rings (SSSR count). The molecule has 0 saturated carbocycles. The molecule has 0 fully saturated rings. The van der Waals surface area contributed by atoms with Crippen molar-refractivity contribution in [2.75, 3.05) is 46.6 Å². The Hall–Kier alpha value is -5.42. The van der Waals surface area contributed by atoms with Crippen molar-refractivity contribution in [3.05, 3.63) is 107 Å². The van der Waals surface area contributed by atoms with Gasteiger partial charge in [-0.3, -0.25) is 14.4 Å². The Morgan fingerprint density at radius 2 is 1.26 bits per heavy atom. The number of methoxy groups -OCH3 is 5. The van der Waals surface area contributed by atoms with Gasteiger partial charge in [0, 0.05) is 33.3 Å². The number of anilines is 1. The van der Waals surface area contributed by atoms with Gasteiger partial charge in [-0.2, -0.15) is 0 Å². The molecular formula is C35H34N2O8S. The van der Waals surface area contributed by atoms with E-state index in [1.54, 1.807) is 84.9 Å². The Balaban J connectivity index is 1.52. The zero-order valence-corrected chi connectivity index (χ0v) is 26.9. The maximum Gasteiger partial charge on any atom is 0.272 e. The highest BCUT2D eigenvalue weighted by Gasteiger charge is 2.18. The maximum absolute atomic E-state index is 13.6. The molecule has 0 aliphatic rings. The summed E-state index contributed by atoms with van der Waals surface area (Å²) in [4.78, 5) is 40.3. The lowest BCUT2D eigenvalue weighted by molar-refractivity contribution is -0.113. The summed E-state index contributed by atoms with van der Waals surface area (Å²) in [6, 6.07) is 23.9. The summed E-state index contributed by atoms with van der Waals surface area (Å²) < 4.78 is 26.8. The molecule has 0 aliphatic heterocycles. The molecule has 0 atom stereocenters. The summed E-state index contributed by atoms with van der Waals surface area (Å²) in [5.74, 6) is 1.39. The number of amides is 2. The lowest BCUT2D eigenvalue weighted by atomic mass is 10.1. The Morgan fingerprint density at radius 3 is 1.89 bits per heavy atom. The Morgan fingerprint density at radius 1 is 0.652 bits per heavy atom. The van der Waals surface area contributed by atoms with Crippen LogP contribution in [0, 0.1) is 0 Å². The summed E-state index contributed by atoms with van der Waals surface area (Å²) in [6.07, 6.45) is 1.50. The van der Waals surface area contributed by atoms with E-state index in [9.17, 15) is 14.4 Å². The average molecular weight is 643 g/mol. The molecule has 46 heavy (non-hydrogen) atoms. The third-order valence-electron chi connectivity index (χ3n) is 6.75. The first kappa shape index (κ1) is 33.5. The highest BCUT2D eigenvalue weighted by atomic mass is 32.2. The van der Waals surface area contributed by atoms with Crippen molar-refractivity contribution >= 4 is 41.1 Å². The molecule has 0 bridgehead atoms. The standard InChI is InChI=1S/C35H34N2O8S/c1-41-29-16-11-23(18-31(29)43-3)28(38)21-46-26-14-12-25(13-15-26)36-35(40)27(37-34(39)22-9-7-6-8-10-22)17-24-19-32(44-4)33(45-5)20-30(24)42-2/h6-20H,21H2,1-5H3,(H,36,40)(H,37,39)/b27-17-. The van der Waals surface area contributed by atoms with Crippen LogP contribution in [0.3, 0.4) is 0 Å². The van der Waals surface area contributed by atoms with E-state index < -0.39 is 11.8 Å². The second-order valence-corrected chi connectivity index (χ2v) is 10.6. The fourth-order valence-electron chi connectivity index (χ4n) is 4.34. The van der Waals surface area contributed by atoms with Gasteiger partial charge in [0.15, 0.2) is 28.8 Å². The average Bonchev–Trinajstić information content (AvgIpc) is 3.10. The molecule has 238 valence electrons. The number of rotatable bonds is 14. The molecule has 0 heterocycles. The normalized spacial score (nSPS) is 10.8. The Labute approximate surface area is 271 Å². The second-order valence-electron chi connectivity index (χ2n) is 9.59. The molecule has 0 saturated heterocycles. The monoisotopic (exact) mass is 642 g/mol. The molecule has 11 heteroatoms. The van der Waals surface area contributed by atoms with E-state index >= 15 is 0 Å². The van der Waals surface area contributed by atoms with Gasteiger partial charge in [0.05, 0.1) is 41.3 Å². The van der Waals surface area contributed by atoms with Gasteiger partial charge in [-0.05, 0) is 66.7 Å². The van der Waals surface area contributed by atoms with Crippen molar-refractivity contribution in [1.29, 1.82) is 0 Å². The molecule has 2 N–H and O–H groups in total. The lowest BCUT2D eigenvalue weighted by Gasteiger charge is -2.15. The van der Waals surface area contributed by atoms with Gasteiger partial charge in [0.25, 0.3) is 11.8 Å². The number of ketones is 1. The fourth-order valence-corrected chi connectivity index (χ4v) is 5.13. The number of hydrogen-bond donors (Lipinski definition) is 2. The highest BCUT2D eigenvalue weighted by molar-refractivity contribution is 8.00. The van der Waals surface area contributed by atoms with Crippen LogP contribution in [0.25, 0.3) is 6.08 Å². The van der Waals surface area contributed by atoms with E-state index in [4.69, 9.17) is 23.7 Å². The van der Waals surface area contributed by atoms with E-state index in [2.05, 4.69) is 10.6 Å². The summed E-state index contributed by atoms with van der Waals surface area (Å²) in [5.41, 5.74) is 1.82. The van der Waals surface area contributed by atoms with Gasteiger partial charge in [0.1, 0.15) is 11.4 Å². The molecule has 4 aromatic rings. The van der Waals surface area contributed by atoms with Crippen LogP contribution in [0.2, 0.25) is 0 Å². The minimum Gasteiger partial charge on any atom is -0.496 e. The van der Waals surface area contributed by atoms with Crippen LogP contribution in [0.4, 0.5) is 5.69 Å². The van der Waals surface area contributed by atoms with Crippen LogP contribution in [-0.2, 0) is 4.79 Å². The number of benzene rings is 4. The van der Waals surface area contributed by atoms with E-state index in [-0.39, 0.29) is 17.2 Å². The Kier molecular flexibility index (Phi) is 11.7. The SMILES string of the molecule is COc1cc(OC)c(OC)cc1/C=C(\NC(=O)c1ccccc1)C(=O)Nc1ccc(SCC(=O)c2ccc(OC)c(OC)c2)cc1. The first-order chi connectivity index (χ1) is 22.3. The quantitative estimate of drug-likeness (QED) is 0.0953. The van der Waals surface area contributed by atoms with Crippen molar-refractivity contribution in [2.45, 2.75) is 4.90 Å². The van der Waals surface area contributed by atoms with Crippen molar-refractivity contribution in [2.24, 2.45) is 0 Å². The van der Waals surface area contributed by atoms with Gasteiger partial charge in [0.2, 0.25) is 0 Å². The summed E-state index contributed by atoms with van der Waals surface area (Å²) in [5, 5.41) is 5.55. The van der Waals surface area contributed by atoms with Crippen LogP contribution < -0.4 is 34.3 Å². The molecule has 2 amide bonds. The first-order valence-corrected chi connectivity index (χ1v) is 15.0. The summed E-state index contributed by atoms with van der Waals surface area (Å²) in [6.45, 7) is 0. The number of nitrogens with one attached hydrogen (secondary N) is 2. The van der Waals surface area contributed by atoms with E-state index in [0.29, 0.717) is 51.1 Å². The minimum absolute atomic E-state index is 0.0293. The summed E-state index contributed by atoms with van der Waals surface area (Å²) >= 11 is 1.36. The van der Waals surface area contributed by atoms with Gasteiger partial charge in [-0.1, -0.05) is 18.2 Å². The van der Waals surface area contributed by atoms with E-state index in [1.165, 1.54) is 53.4 Å². The molecule has 0 spiro atoms. The number of Topliss-reactive ketones (excluding diaryl/α,β-unsaturated/α-hetero) is 1. The van der Waals surface area contributed by atoms with Crippen LogP contribution >= 0.6 is 11.8 Å². The molecular weight excluding hydrogens is 608 g/mol. The van der Waals surface area contributed by atoms with Crippen LogP contribution in [-0.4, -0.2) is 58.9 Å². The number of thioether (sulfide) groups is 1. The van der Waals surface area contributed by atoms with Crippen LogP contribution in [0.1, 0.15) is 26.3 Å². The smallest absolute Gasteiger partial charge is 0.272 e. The van der Waals surface area contributed by atoms with E-state index in [1.807, 2.05) is 0 Å². The van der Waals surface area contributed by atoms with Gasteiger partial charge < -0.3 is 34.3 Å². The van der Waals surface area contributed by atoms with Crippen LogP contribution in [0.15, 0.2) is 95.5 Å². The fraction of sp³-hybridized carbons (Fsp3) is 0.171. The maximum atomic E-state index is 13.6. The third kappa shape index (κ3) is 8.39. The lowest BCUT2D eigenvalue weighted by Crippen LogP contribution is -2.30. The number of carbonyl (C=O) groups is 3. The molecule has 0 unspecified atom stereocenters. The van der Waals surface area contributed by atoms with Crippen molar-refractivity contribution < 1.29 is 38.1 Å².